The van der Waals surface area contributed by atoms with Crippen LogP contribution in [0.5, 0.6) is 0 Å². The standard InChI is InChI=1S/C11H10BrN3O2/c1-15(5-10(16)17)11-8-4-7(12)2-3-9(8)13-6-14-11/h2-4,6H,5H2,1H3,(H,16,17). The molecule has 0 aliphatic rings. The molecule has 0 atom stereocenters. The number of nitrogens with zero attached hydrogens (tertiary/aromatic N) is 3. The van der Waals surface area contributed by atoms with E-state index in [0.717, 1.165) is 15.4 Å². The summed E-state index contributed by atoms with van der Waals surface area (Å²) < 4.78 is 0.907. The molecule has 17 heavy (non-hydrogen) atoms. The lowest BCUT2D eigenvalue weighted by molar-refractivity contribution is -0.135. The summed E-state index contributed by atoms with van der Waals surface area (Å²) in [5, 5.41) is 9.60. The van der Waals surface area contributed by atoms with Gasteiger partial charge >= 0.3 is 5.97 Å². The lowest BCUT2D eigenvalue weighted by Crippen LogP contribution is -2.26. The third-order valence-corrected chi connectivity index (χ3v) is 2.80. The Balaban J connectivity index is 2.52. The van der Waals surface area contributed by atoms with E-state index in [4.69, 9.17) is 5.11 Å². The molecule has 2 aromatic rings. The molecule has 1 heterocycles. The van der Waals surface area contributed by atoms with Gasteiger partial charge < -0.3 is 10.0 Å². The third-order valence-electron chi connectivity index (χ3n) is 2.31. The molecule has 1 N–H and O–H groups in total. The van der Waals surface area contributed by atoms with Gasteiger partial charge in [0, 0.05) is 16.9 Å². The van der Waals surface area contributed by atoms with E-state index in [1.807, 2.05) is 18.2 Å². The molecule has 1 aromatic carbocycles. The fraction of sp³-hybridized carbons (Fsp3) is 0.182. The van der Waals surface area contributed by atoms with Crippen LogP contribution >= 0.6 is 15.9 Å². The maximum Gasteiger partial charge on any atom is 0.323 e. The molecule has 0 fully saturated rings. The number of hydrogen-bond donors (Lipinski definition) is 1. The van der Waals surface area contributed by atoms with Gasteiger partial charge in [0.15, 0.2) is 0 Å². The summed E-state index contributed by atoms with van der Waals surface area (Å²) in [5.41, 5.74) is 0.787. The highest BCUT2D eigenvalue weighted by Crippen LogP contribution is 2.25. The van der Waals surface area contributed by atoms with E-state index in [0.29, 0.717) is 5.82 Å². The molecule has 0 unspecified atom stereocenters. The van der Waals surface area contributed by atoms with E-state index in [-0.39, 0.29) is 6.54 Å². The number of rotatable bonds is 3. The highest BCUT2D eigenvalue weighted by molar-refractivity contribution is 9.10. The molecule has 88 valence electrons. The van der Waals surface area contributed by atoms with Crippen molar-refractivity contribution >= 4 is 38.6 Å². The average Bonchev–Trinajstić information content (AvgIpc) is 2.27. The molecule has 1 aromatic heterocycles. The van der Waals surface area contributed by atoms with Gasteiger partial charge in [-0.1, -0.05) is 15.9 Å². The van der Waals surface area contributed by atoms with Crippen LogP contribution in [-0.2, 0) is 4.79 Å². The first-order valence-electron chi connectivity index (χ1n) is 4.91. The zero-order valence-electron chi connectivity index (χ0n) is 9.09. The number of halogens is 1. The monoisotopic (exact) mass is 295 g/mol. The lowest BCUT2D eigenvalue weighted by Gasteiger charge is -2.17. The minimum atomic E-state index is -0.894. The van der Waals surface area contributed by atoms with Crippen LogP contribution in [0.2, 0.25) is 0 Å². The fourth-order valence-corrected chi connectivity index (χ4v) is 1.96. The summed E-state index contributed by atoms with van der Waals surface area (Å²) in [6.07, 6.45) is 1.43. The van der Waals surface area contributed by atoms with E-state index in [1.165, 1.54) is 6.33 Å². The summed E-state index contributed by atoms with van der Waals surface area (Å²) in [5.74, 6) is -0.284. The van der Waals surface area contributed by atoms with E-state index in [2.05, 4.69) is 25.9 Å². The van der Waals surface area contributed by atoms with Gasteiger partial charge in [0.2, 0.25) is 0 Å². The van der Waals surface area contributed by atoms with Crippen LogP contribution in [-0.4, -0.2) is 34.6 Å². The van der Waals surface area contributed by atoms with Crippen molar-refractivity contribution in [1.29, 1.82) is 0 Å². The van der Waals surface area contributed by atoms with Gasteiger partial charge in [0.25, 0.3) is 0 Å². The molecule has 0 saturated heterocycles. The van der Waals surface area contributed by atoms with Crippen molar-refractivity contribution in [2.24, 2.45) is 0 Å². The summed E-state index contributed by atoms with van der Waals surface area (Å²) in [6, 6.07) is 5.62. The Morgan fingerprint density at radius 2 is 2.24 bits per heavy atom. The van der Waals surface area contributed by atoms with Crippen LogP contribution < -0.4 is 4.90 Å². The summed E-state index contributed by atoms with van der Waals surface area (Å²) in [7, 11) is 1.69. The first kappa shape index (κ1) is 11.8. The minimum absolute atomic E-state index is 0.0986. The van der Waals surface area contributed by atoms with Crippen molar-refractivity contribution in [3.05, 3.63) is 29.0 Å². The zero-order valence-corrected chi connectivity index (χ0v) is 10.7. The molecular weight excluding hydrogens is 286 g/mol. The Hall–Kier alpha value is -1.69. The van der Waals surface area contributed by atoms with E-state index in [1.54, 1.807) is 11.9 Å². The molecule has 0 saturated carbocycles. The Morgan fingerprint density at radius 1 is 1.47 bits per heavy atom. The zero-order chi connectivity index (χ0) is 12.4. The van der Waals surface area contributed by atoms with Crippen LogP contribution in [0.1, 0.15) is 0 Å². The van der Waals surface area contributed by atoms with Gasteiger partial charge in [-0.15, -0.1) is 0 Å². The largest absolute Gasteiger partial charge is 0.480 e. The van der Waals surface area contributed by atoms with Gasteiger partial charge in [-0.05, 0) is 18.2 Å². The molecule has 5 nitrogen and oxygen atoms in total. The van der Waals surface area contributed by atoms with Crippen LogP contribution in [0, 0.1) is 0 Å². The molecule has 2 rings (SSSR count). The lowest BCUT2D eigenvalue weighted by atomic mass is 10.2. The van der Waals surface area contributed by atoms with E-state index in [9.17, 15) is 4.79 Å². The Morgan fingerprint density at radius 3 is 2.94 bits per heavy atom. The summed E-state index contributed by atoms with van der Waals surface area (Å²) in [6.45, 7) is -0.0986. The van der Waals surface area contributed by atoms with E-state index < -0.39 is 5.97 Å². The first-order valence-corrected chi connectivity index (χ1v) is 5.70. The van der Waals surface area contributed by atoms with Crippen molar-refractivity contribution < 1.29 is 9.90 Å². The van der Waals surface area contributed by atoms with Gasteiger partial charge in [0.05, 0.1) is 5.52 Å². The number of likely N-dealkylation sites (N-methyl/N-ethyl adjacent to an activating group) is 1. The highest BCUT2D eigenvalue weighted by Gasteiger charge is 2.11. The maximum absolute atomic E-state index is 10.7. The van der Waals surface area contributed by atoms with Crippen LogP contribution in [0.25, 0.3) is 10.9 Å². The molecule has 0 amide bonds. The van der Waals surface area contributed by atoms with Crippen molar-refractivity contribution in [2.45, 2.75) is 0 Å². The quantitative estimate of drug-likeness (QED) is 0.937. The number of benzene rings is 1. The minimum Gasteiger partial charge on any atom is -0.480 e. The number of hydrogen-bond acceptors (Lipinski definition) is 4. The molecule has 6 heteroatoms. The second kappa shape index (κ2) is 4.67. The van der Waals surface area contributed by atoms with E-state index >= 15 is 0 Å². The molecule has 0 spiro atoms. The summed E-state index contributed by atoms with van der Waals surface area (Å²) in [4.78, 5) is 20.5. The molecule has 0 bridgehead atoms. The van der Waals surface area contributed by atoms with Crippen LogP contribution in [0.4, 0.5) is 5.82 Å². The second-order valence-corrected chi connectivity index (χ2v) is 4.52. The maximum atomic E-state index is 10.7. The number of aliphatic carboxylic acids is 1. The number of aromatic nitrogens is 2. The first-order chi connectivity index (χ1) is 8.08. The van der Waals surface area contributed by atoms with Gasteiger partial charge in [0.1, 0.15) is 18.7 Å². The predicted molar refractivity (Wildman–Crippen MR) is 68.1 cm³/mol. The summed E-state index contributed by atoms with van der Waals surface area (Å²) >= 11 is 3.38. The topological polar surface area (TPSA) is 66.3 Å². The van der Waals surface area contributed by atoms with Crippen molar-refractivity contribution in [1.82, 2.24) is 9.97 Å². The molecule has 0 radical (unpaired) electrons. The van der Waals surface area contributed by atoms with Crippen molar-refractivity contribution in [3.8, 4) is 0 Å². The number of carboxylic acid groups (broad SMARTS) is 1. The Labute approximate surface area is 106 Å². The Bertz CT molecular complexity index is 574. The fourth-order valence-electron chi connectivity index (χ4n) is 1.60. The van der Waals surface area contributed by atoms with Crippen LogP contribution in [0.15, 0.2) is 29.0 Å². The smallest absolute Gasteiger partial charge is 0.323 e. The van der Waals surface area contributed by atoms with Crippen LogP contribution in [0.3, 0.4) is 0 Å². The number of anilines is 1. The van der Waals surface area contributed by atoms with Gasteiger partial charge in [-0.2, -0.15) is 0 Å². The SMILES string of the molecule is CN(CC(=O)O)c1ncnc2ccc(Br)cc12. The van der Waals surface area contributed by atoms with Crippen molar-refractivity contribution in [2.75, 3.05) is 18.5 Å². The van der Waals surface area contributed by atoms with Gasteiger partial charge in [-0.25, -0.2) is 9.97 Å². The number of fused-ring (bicyclic) bond motifs is 1. The molecule has 0 aliphatic carbocycles. The van der Waals surface area contributed by atoms with Crippen molar-refractivity contribution in [3.63, 3.8) is 0 Å². The molecular formula is C11H10BrN3O2. The number of carbonyl (C=O) groups is 1. The highest BCUT2D eigenvalue weighted by atomic mass is 79.9. The predicted octanol–water partition coefficient (Wildman–Crippen LogP) is 1.91. The molecule has 0 aliphatic heterocycles. The second-order valence-electron chi connectivity index (χ2n) is 3.61. The Kier molecular flexibility index (Phi) is 3.23. The van der Waals surface area contributed by atoms with Gasteiger partial charge in [-0.3, -0.25) is 4.79 Å². The third kappa shape index (κ3) is 2.52. The number of carboxylic acids is 1. The normalized spacial score (nSPS) is 10.5. The average molecular weight is 296 g/mol.